The maximum atomic E-state index is 12.6. The summed E-state index contributed by atoms with van der Waals surface area (Å²) in [5.41, 5.74) is -0.835. The molecule has 21 heavy (non-hydrogen) atoms. The monoisotopic (exact) mass is 300 g/mol. The third kappa shape index (κ3) is 2.72. The quantitative estimate of drug-likeness (QED) is 0.849. The Morgan fingerprint density at radius 1 is 1.24 bits per heavy atom. The standard InChI is InChI=1S/C12H15F3N6/c1-19-11(16-8-17-19)20-5-2-9(3-6-20)21-7-4-10(18-21)12(13,14)15/h4,7-9H,2-3,5-6H2,1H3. The van der Waals surface area contributed by atoms with Crippen LogP contribution in [0.1, 0.15) is 24.6 Å². The maximum Gasteiger partial charge on any atom is 0.435 e. The van der Waals surface area contributed by atoms with Crippen LogP contribution >= 0.6 is 0 Å². The van der Waals surface area contributed by atoms with Gasteiger partial charge in [0.05, 0.1) is 6.04 Å². The van der Waals surface area contributed by atoms with E-state index in [1.807, 2.05) is 7.05 Å². The van der Waals surface area contributed by atoms with E-state index in [0.29, 0.717) is 0 Å². The summed E-state index contributed by atoms with van der Waals surface area (Å²) >= 11 is 0. The highest BCUT2D eigenvalue weighted by atomic mass is 19.4. The Balaban J connectivity index is 1.66. The summed E-state index contributed by atoms with van der Waals surface area (Å²) in [5, 5.41) is 7.67. The molecular weight excluding hydrogens is 285 g/mol. The van der Waals surface area contributed by atoms with Crippen molar-refractivity contribution in [3.05, 3.63) is 24.3 Å². The minimum absolute atomic E-state index is 0.00872. The molecule has 0 radical (unpaired) electrons. The molecule has 3 rings (SSSR count). The second-order valence-corrected chi connectivity index (χ2v) is 5.08. The fourth-order valence-electron chi connectivity index (χ4n) is 2.60. The van der Waals surface area contributed by atoms with E-state index in [2.05, 4.69) is 20.1 Å². The van der Waals surface area contributed by atoms with Crippen molar-refractivity contribution < 1.29 is 13.2 Å². The van der Waals surface area contributed by atoms with E-state index in [4.69, 9.17) is 0 Å². The lowest BCUT2D eigenvalue weighted by Crippen LogP contribution is -2.36. The first-order valence-corrected chi connectivity index (χ1v) is 6.66. The third-order valence-electron chi connectivity index (χ3n) is 3.71. The molecule has 1 fully saturated rings. The van der Waals surface area contributed by atoms with Crippen molar-refractivity contribution in [2.45, 2.75) is 25.1 Å². The Hall–Kier alpha value is -2.06. The smallest absolute Gasteiger partial charge is 0.341 e. The first kappa shape index (κ1) is 13.9. The van der Waals surface area contributed by atoms with Gasteiger partial charge >= 0.3 is 6.18 Å². The van der Waals surface area contributed by atoms with Crippen LogP contribution in [0.25, 0.3) is 0 Å². The van der Waals surface area contributed by atoms with Gasteiger partial charge in [0.15, 0.2) is 5.69 Å². The maximum absolute atomic E-state index is 12.6. The van der Waals surface area contributed by atoms with E-state index in [1.165, 1.54) is 17.2 Å². The number of hydrogen-bond acceptors (Lipinski definition) is 4. The zero-order chi connectivity index (χ0) is 15.0. The van der Waals surface area contributed by atoms with Gasteiger partial charge in [-0.05, 0) is 18.9 Å². The highest BCUT2D eigenvalue weighted by molar-refractivity contribution is 5.29. The molecule has 0 aromatic carbocycles. The summed E-state index contributed by atoms with van der Waals surface area (Å²) in [6, 6.07) is 1.01. The van der Waals surface area contributed by atoms with Crippen molar-refractivity contribution >= 4 is 5.95 Å². The average molecular weight is 300 g/mol. The minimum Gasteiger partial charge on any atom is -0.341 e. The van der Waals surface area contributed by atoms with Gasteiger partial charge in [-0.25, -0.2) is 4.68 Å². The Bertz CT molecular complexity index is 609. The number of piperidine rings is 1. The summed E-state index contributed by atoms with van der Waals surface area (Å²) in [7, 11) is 1.82. The number of anilines is 1. The molecule has 1 aliphatic rings. The highest BCUT2D eigenvalue weighted by Gasteiger charge is 2.34. The van der Waals surface area contributed by atoms with E-state index >= 15 is 0 Å². The second-order valence-electron chi connectivity index (χ2n) is 5.08. The zero-order valence-electron chi connectivity index (χ0n) is 11.5. The summed E-state index contributed by atoms with van der Waals surface area (Å²) in [6.45, 7) is 1.44. The minimum atomic E-state index is -4.38. The molecular formula is C12H15F3N6. The van der Waals surface area contributed by atoms with Gasteiger partial charge < -0.3 is 4.90 Å². The molecule has 6 nitrogen and oxygen atoms in total. The van der Waals surface area contributed by atoms with E-state index in [9.17, 15) is 13.2 Å². The summed E-state index contributed by atoms with van der Waals surface area (Å²) in [6.07, 6.45) is -0.0295. The first-order chi connectivity index (χ1) is 9.95. The molecule has 3 heterocycles. The van der Waals surface area contributed by atoms with E-state index < -0.39 is 11.9 Å². The van der Waals surface area contributed by atoms with Crippen LogP contribution in [0.15, 0.2) is 18.6 Å². The molecule has 0 unspecified atom stereocenters. The average Bonchev–Trinajstić information content (AvgIpc) is 3.07. The van der Waals surface area contributed by atoms with Gasteiger partial charge in [-0.1, -0.05) is 0 Å². The van der Waals surface area contributed by atoms with Crippen LogP contribution in [-0.4, -0.2) is 37.6 Å². The highest BCUT2D eigenvalue weighted by Crippen LogP contribution is 2.30. The normalized spacial score (nSPS) is 17.4. The lowest BCUT2D eigenvalue weighted by Gasteiger charge is -2.32. The first-order valence-electron chi connectivity index (χ1n) is 6.66. The molecule has 0 bridgehead atoms. The van der Waals surface area contributed by atoms with Crippen LogP contribution in [0.5, 0.6) is 0 Å². The van der Waals surface area contributed by atoms with Gasteiger partial charge in [0.2, 0.25) is 5.95 Å². The van der Waals surface area contributed by atoms with Crippen molar-refractivity contribution in [3.8, 4) is 0 Å². The van der Waals surface area contributed by atoms with Crippen LogP contribution in [0.2, 0.25) is 0 Å². The predicted octanol–water partition coefficient (Wildman–Crippen LogP) is 1.87. The zero-order valence-corrected chi connectivity index (χ0v) is 11.5. The fraction of sp³-hybridized carbons (Fsp3) is 0.583. The van der Waals surface area contributed by atoms with Gasteiger partial charge in [-0.3, -0.25) is 4.68 Å². The van der Waals surface area contributed by atoms with Gasteiger partial charge in [0.25, 0.3) is 0 Å². The molecule has 0 spiro atoms. The van der Waals surface area contributed by atoms with Crippen molar-refractivity contribution in [2.24, 2.45) is 7.05 Å². The van der Waals surface area contributed by atoms with E-state index in [-0.39, 0.29) is 6.04 Å². The summed E-state index contributed by atoms with van der Waals surface area (Å²) in [5.74, 6) is 0.782. The van der Waals surface area contributed by atoms with Crippen LogP contribution < -0.4 is 4.90 Å². The largest absolute Gasteiger partial charge is 0.435 e. The lowest BCUT2D eigenvalue weighted by atomic mass is 10.1. The van der Waals surface area contributed by atoms with Crippen molar-refractivity contribution in [1.29, 1.82) is 0 Å². The van der Waals surface area contributed by atoms with Crippen LogP contribution in [-0.2, 0) is 13.2 Å². The molecule has 1 saturated heterocycles. The number of aromatic nitrogens is 5. The topological polar surface area (TPSA) is 51.8 Å². The molecule has 0 aliphatic carbocycles. The van der Waals surface area contributed by atoms with Gasteiger partial charge in [0, 0.05) is 26.3 Å². The van der Waals surface area contributed by atoms with Gasteiger partial charge in [-0.2, -0.15) is 28.4 Å². The lowest BCUT2D eigenvalue weighted by molar-refractivity contribution is -0.141. The molecule has 9 heteroatoms. The third-order valence-corrected chi connectivity index (χ3v) is 3.71. The van der Waals surface area contributed by atoms with Crippen molar-refractivity contribution in [3.63, 3.8) is 0 Å². The fourth-order valence-corrected chi connectivity index (χ4v) is 2.60. The summed E-state index contributed by atoms with van der Waals surface area (Å²) < 4.78 is 40.8. The molecule has 114 valence electrons. The molecule has 0 saturated carbocycles. The molecule has 2 aromatic rings. The number of halogens is 3. The van der Waals surface area contributed by atoms with Crippen LogP contribution in [0, 0.1) is 0 Å². The van der Waals surface area contributed by atoms with Crippen molar-refractivity contribution in [2.75, 3.05) is 18.0 Å². The number of rotatable bonds is 2. The Kier molecular flexibility index (Phi) is 3.34. The Labute approximate surface area is 119 Å². The van der Waals surface area contributed by atoms with Crippen LogP contribution in [0.3, 0.4) is 0 Å². The summed E-state index contributed by atoms with van der Waals surface area (Å²) in [4.78, 5) is 6.26. The Morgan fingerprint density at radius 2 is 1.95 bits per heavy atom. The molecule has 2 aromatic heterocycles. The number of nitrogens with zero attached hydrogens (tertiary/aromatic N) is 6. The van der Waals surface area contributed by atoms with Gasteiger partial charge in [0.1, 0.15) is 6.33 Å². The molecule has 0 atom stereocenters. The van der Waals surface area contributed by atoms with Gasteiger partial charge in [-0.15, -0.1) is 0 Å². The second kappa shape index (κ2) is 5.05. The van der Waals surface area contributed by atoms with E-state index in [1.54, 1.807) is 4.68 Å². The predicted molar refractivity (Wildman–Crippen MR) is 68.7 cm³/mol. The number of aryl methyl sites for hydroxylation is 1. The Morgan fingerprint density at radius 3 is 2.48 bits per heavy atom. The SMILES string of the molecule is Cn1ncnc1N1CCC(n2ccc(C(F)(F)F)n2)CC1. The molecule has 1 aliphatic heterocycles. The van der Waals surface area contributed by atoms with E-state index in [0.717, 1.165) is 37.9 Å². The van der Waals surface area contributed by atoms with Crippen LogP contribution in [0.4, 0.5) is 19.1 Å². The number of alkyl halides is 3. The number of hydrogen-bond donors (Lipinski definition) is 0. The van der Waals surface area contributed by atoms with Crippen molar-refractivity contribution in [1.82, 2.24) is 24.5 Å². The molecule has 0 amide bonds. The molecule has 0 N–H and O–H groups in total.